The van der Waals surface area contributed by atoms with Gasteiger partial charge in [0.15, 0.2) is 0 Å². The normalized spacial score (nSPS) is 11.9. The van der Waals surface area contributed by atoms with E-state index >= 15 is 0 Å². The van der Waals surface area contributed by atoms with E-state index in [1.54, 1.807) is 36.4 Å². The topological polar surface area (TPSA) is 78.9 Å². The molecular weight excluding hydrogens is 642 g/mol. The highest BCUT2D eigenvalue weighted by atomic mass is 16.5. The van der Waals surface area contributed by atoms with Gasteiger partial charge in [-0.1, -0.05) is 36.4 Å². The van der Waals surface area contributed by atoms with Crippen molar-refractivity contribution in [2.24, 2.45) is 0 Å². The van der Waals surface area contributed by atoms with Crippen molar-refractivity contribution in [3.63, 3.8) is 0 Å². The highest BCUT2D eigenvalue weighted by Crippen LogP contribution is 2.33. The standard InChI is InChI=1S/C42H54N3O6/c1-43(2,3)22-25-49-40(46)34-16-10-31(11-17-34)37-28-38(32-12-18-35(19-13-32)41(47)50-26-23-44(4,5)6)30-39(29-37)33-14-20-36(21-15-33)42(48)51-27-24-45(7,8)9/h10-21,28-30H,22-27H2,1-9H3/q+3. The molecule has 0 aliphatic rings. The van der Waals surface area contributed by atoms with Crippen LogP contribution in [0.1, 0.15) is 31.1 Å². The monoisotopic (exact) mass is 696 g/mol. The second-order valence-electron chi connectivity index (χ2n) is 16.0. The number of hydrogen-bond acceptors (Lipinski definition) is 6. The summed E-state index contributed by atoms with van der Waals surface area (Å²) in [4.78, 5) is 38.1. The van der Waals surface area contributed by atoms with Crippen molar-refractivity contribution in [1.82, 2.24) is 0 Å². The Morgan fingerprint density at radius 3 is 0.784 bits per heavy atom. The van der Waals surface area contributed by atoms with E-state index in [1.165, 1.54) is 0 Å². The highest BCUT2D eigenvalue weighted by molar-refractivity contribution is 5.92. The SMILES string of the molecule is C[N+](C)(C)CCOC(=O)c1ccc(-c2cc(-c3ccc(C(=O)OCC[N+](C)(C)C)cc3)cc(-c3ccc(C(=O)OCC[N+](C)(C)C)cc3)c2)cc1. The quantitative estimate of drug-likeness (QED) is 0.0828. The molecule has 270 valence electrons. The average Bonchev–Trinajstić information content (AvgIpc) is 3.06. The zero-order valence-electron chi connectivity index (χ0n) is 31.7. The molecule has 0 saturated heterocycles. The predicted molar refractivity (Wildman–Crippen MR) is 202 cm³/mol. The van der Waals surface area contributed by atoms with Crippen molar-refractivity contribution >= 4 is 17.9 Å². The van der Waals surface area contributed by atoms with E-state index in [0.29, 0.717) is 50.0 Å². The van der Waals surface area contributed by atoms with Crippen molar-refractivity contribution < 1.29 is 42.0 Å². The van der Waals surface area contributed by atoms with Crippen molar-refractivity contribution in [1.29, 1.82) is 0 Å². The minimum atomic E-state index is -0.350. The summed E-state index contributed by atoms with van der Waals surface area (Å²) >= 11 is 0. The van der Waals surface area contributed by atoms with Crippen LogP contribution >= 0.6 is 0 Å². The van der Waals surface area contributed by atoms with Gasteiger partial charge in [-0.15, -0.1) is 0 Å². The Hall–Kier alpha value is -4.83. The minimum absolute atomic E-state index is 0.342. The van der Waals surface area contributed by atoms with Crippen molar-refractivity contribution in [3.05, 3.63) is 108 Å². The first kappa shape index (κ1) is 39.0. The third-order valence-electron chi connectivity index (χ3n) is 8.28. The first-order valence-electron chi connectivity index (χ1n) is 17.3. The Morgan fingerprint density at radius 1 is 0.373 bits per heavy atom. The van der Waals surface area contributed by atoms with Crippen LogP contribution in [-0.4, -0.2) is 134 Å². The fourth-order valence-electron chi connectivity index (χ4n) is 5.01. The fourth-order valence-corrected chi connectivity index (χ4v) is 5.01. The minimum Gasteiger partial charge on any atom is -0.456 e. The summed E-state index contributed by atoms with van der Waals surface area (Å²) in [6.07, 6.45) is 0. The molecule has 4 aromatic rings. The number of rotatable bonds is 15. The largest absolute Gasteiger partial charge is 0.456 e. The predicted octanol–water partition coefficient (Wildman–Crippen LogP) is 6.28. The summed E-state index contributed by atoms with van der Waals surface area (Å²) in [5.41, 5.74) is 7.08. The number of nitrogens with zero attached hydrogens (tertiary/aromatic N) is 3. The summed E-state index contributed by atoms with van der Waals surface area (Å²) in [5.74, 6) is -1.05. The Morgan fingerprint density at radius 2 is 0.588 bits per heavy atom. The van der Waals surface area contributed by atoms with E-state index in [-0.39, 0.29) is 17.9 Å². The van der Waals surface area contributed by atoms with Crippen LogP contribution in [0.3, 0.4) is 0 Å². The molecule has 0 atom stereocenters. The zero-order valence-corrected chi connectivity index (χ0v) is 31.7. The van der Waals surface area contributed by atoms with E-state index in [0.717, 1.165) is 53.0 Å². The van der Waals surface area contributed by atoms with E-state index in [2.05, 4.69) is 81.6 Å². The summed E-state index contributed by atoms with van der Waals surface area (Å²) in [6.45, 7) is 3.18. The van der Waals surface area contributed by atoms with Gasteiger partial charge in [-0.3, -0.25) is 0 Å². The van der Waals surface area contributed by atoms with Crippen molar-refractivity contribution in [2.45, 2.75) is 0 Å². The van der Waals surface area contributed by atoms with Gasteiger partial charge in [-0.2, -0.15) is 0 Å². The molecule has 0 amide bonds. The Balaban J connectivity index is 1.61. The van der Waals surface area contributed by atoms with Crippen LogP contribution in [0.25, 0.3) is 33.4 Å². The van der Waals surface area contributed by atoms with Gasteiger partial charge in [0.2, 0.25) is 0 Å². The fraction of sp³-hybridized carbons (Fsp3) is 0.357. The van der Waals surface area contributed by atoms with Crippen molar-refractivity contribution in [3.8, 4) is 33.4 Å². The number of likely N-dealkylation sites (N-methyl/N-ethyl adjacent to an activating group) is 3. The van der Waals surface area contributed by atoms with Crippen molar-refractivity contribution in [2.75, 3.05) is 103 Å². The maximum atomic E-state index is 12.7. The lowest BCUT2D eigenvalue weighted by Gasteiger charge is -2.23. The van der Waals surface area contributed by atoms with Gasteiger partial charge in [0.05, 0.1) is 80.1 Å². The summed E-state index contributed by atoms with van der Waals surface area (Å²) < 4.78 is 18.6. The van der Waals surface area contributed by atoms with E-state index in [9.17, 15) is 14.4 Å². The van der Waals surface area contributed by atoms with Gasteiger partial charge in [-0.05, 0) is 88.0 Å². The molecule has 0 unspecified atom stereocenters. The number of carbonyl (C=O) groups excluding carboxylic acids is 3. The number of benzene rings is 4. The number of esters is 3. The second-order valence-corrected chi connectivity index (χ2v) is 16.0. The molecule has 0 N–H and O–H groups in total. The Labute approximate surface area is 303 Å². The van der Waals surface area contributed by atoms with Crippen LogP contribution in [0.5, 0.6) is 0 Å². The lowest BCUT2D eigenvalue weighted by atomic mass is 9.92. The molecule has 0 aliphatic carbocycles. The molecule has 0 aromatic heterocycles. The number of ether oxygens (including phenoxy) is 3. The third-order valence-corrected chi connectivity index (χ3v) is 8.28. The molecule has 0 bridgehead atoms. The van der Waals surface area contributed by atoms with Gasteiger partial charge in [-0.25, -0.2) is 14.4 Å². The maximum absolute atomic E-state index is 12.7. The molecule has 0 fully saturated rings. The Bertz CT molecular complexity index is 1570. The van der Waals surface area contributed by atoms with Crippen LogP contribution in [0.2, 0.25) is 0 Å². The van der Waals surface area contributed by atoms with Crippen LogP contribution in [-0.2, 0) is 14.2 Å². The first-order valence-corrected chi connectivity index (χ1v) is 17.3. The summed E-state index contributed by atoms with van der Waals surface area (Å²) in [7, 11) is 18.5. The van der Waals surface area contributed by atoms with Gasteiger partial charge < -0.3 is 27.7 Å². The number of quaternary nitrogens is 3. The molecule has 51 heavy (non-hydrogen) atoms. The van der Waals surface area contributed by atoms with Gasteiger partial charge in [0, 0.05) is 0 Å². The lowest BCUT2D eigenvalue weighted by molar-refractivity contribution is -0.870. The van der Waals surface area contributed by atoms with Crippen LogP contribution in [0.15, 0.2) is 91.0 Å². The zero-order chi connectivity index (χ0) is 37.4. The lowest BCUT2D eigenvalue weighted by Crippen LogP contribution is -2.38. The van der Waals surface area contributed by atoms with Crippen LogP contribution < -0.4 is 0 Å². The maximum Gasteiger partial charge on any atom is 0.338 e. The second kappa shape index (κ2) is 16.5. The number of hydrogen-bond donors (Lipinski definition) is 0. The van der Waals surface area contributed by atoms with Crippen LogP contribution in [0.4, 0.5) is 0 Å². The number of carbonyl (C=O) groups is 3. The van der Waals surface area contributed by atoms with E-state index < -0.39 is 0 Å². The first-order chi connectivity index (χ1) is 23.9. The molecule has 0 aliphatic heterocycles. The van der Waals surface area contributed by atoms with Gasteiger partial charge in [0.1, 0.15) is 39.5 Å². The highest BCUT2D eigenvalue weighted by Gasteiger charge is 2.16. The molecule has 0 spiro atoms. The van der Waals surface area contributed by atoms with Gasteiger partial charge >= 0.3 is 17.9 Å². The molecule has 9 nitrogen and oxygen atoms in total. The summed E-state index contributed by atoms with van der Waals surface area (Å²) in [6, 6.07) is 28.5. The van der Waals surface area contributed by atoms with E-state index in [4.69, 9.17) is 14.2 Å². The Kier molecular flexibility index (Phi) is 12.6. The smallest absolute Gasteiger partial charge is 0.338 e. The summed E-state index contributed by atoms with van der Waals surface area (Å²) in [5, 5.41) is 0. The third kappa shape index (κ3) is 12.5. The molecule has 4 aromatic carbocycles. The molecule has 9 heteroatoms. The molecule has 0 radical (unpaired) electrons. The van der Waals surface area contributed by atoms with Gasteiger partial charge in [0.25, 0.3) is 0 Å². The molecule has 0 saturated carbocycles. The molecular formula is C42H54N3O6+3. The average molecular weight is 697 g/mol. The van der Waals surface area contributed by atoms with E-state index in [1.807, 2.05) is 36.4 Å². The van der Waals surface area contributed by atoms with Crippen LogP contribution in [0, 0.1) is 0 Å². The molecule has 0 heterocycles. The molecule has 4 rings (SSSR count).